The molecule has 1 aliphatic rings. The number of imide groups is 1. The summed E-state index contributed by atoms with van der Waals surface area (Å²) in [5, 5.41) is 8.76. The van der Waals surface area contributed by atoms with Gasteiger partial charge < -0.3 is 0 Å². The van der Waals surface area contributed by atoms with E-state index in [2.05, 4.69) is 0 Å². The number of rotatable bonds is 3. The number of amides is 2. The summed E-state index contributed by atoms with van der Waals surface area (Å²) in [5.41, 5.74) is -0.272. The van der Waals surface area contributed by atoms with Gasteiger partial charge in [0.2, 0.25) is 5.78 Å². The SMILES string of the molecule is CCCCN1C(=O)C(=O)C(C)=C(C#N)C1=O. The Hall–Kier alpha value is -1.96. The Kier molecular flexibility index (Phi) is 3.56. The van der Waals surface area contributed by atoms with Crippen molar-refractivity contribution in [3.8, 4) is 6.07 Å². The van der Waals surface area contributed by atoms with Crippen molar-refractivity contribution in [3.05, 3.63) is 11.1 Å². The molecule has 1 heterocycles. The first-order valence-corrected chi connectivity index (χ1v) is 5.06. The molecule has 2 amide bonds. The molecule has 0 saturated heterocycles. The first-order valence-electron chi connectivity index (χ1n) is 5.06. The average molecular weight is 220 g/mol. The first-order chi connectivity index (χ1) is 7.54. The standard InChI is InChI=1S/C11H12N2O3/c1-3-4-5-13-10(15)8(6-12)7(2)9(14)11(13)16/h3-5H2,1-2H3. The van der Waals surface area contributed by atoms with Crippen LogP contribution in [-0.2, 0) is 14.4 Å². The van der Waals surface area contributed by atoms with Gasteiger partial charge in [0.25, 0.3) is 5.91 Å². The summed E-state index contributed by atoms with van der Waals surface area (Å²) in [6, 6.07) is 1.68. The zero-order valence-corrected chi connectivity index (χ0v) is 9.24. The predicted molar refractivity (Wildman–Crippen MR) is 54.9 cm³/mol. The normalized spacial score (nSPS) is 16.8. The molecule has 5 heteroatoms. The molecule has 0 aromatic heterocycles. The van der Waals surface area contributed by atoms with E-state index in [-0.39, 0.29) is 17.7 Å². The van der Waals surface area contributed by atoms with E-state index in [1.807, 2.05) is 6.92 Å². The molecule has 16 heavy (non-hydrogen) atoms. The van der Waals surface area contributed by atoms with Crippen molar-refractivity contribution in [2.45, 2.75) is 26.7 Å². The number of ketones is 1. The van der Waals surface area contributed by atoms with Crippen LogP contribution in [0.2, 0.25) is 0 Å². The van der Waals surface area contributed by atoms with E-state index in [1.165, 1.54) is 6.92 Å². The van der Waals surface area contributed by atoms with Crippen LogP contribution in [-0.4, -0.2) is 29.0 Å². The number of hydrogen-bond donors (Lipinski definition) is 0. The molecule has 0 bridgehead atoms. The third-order valence-electron chi connectivity index (χ3n) is 2.46. The van der Waals surface area contributed by atoms with E-state index < -0.39 is 17.6 Å². The number of hydrogen-bond acceptors (Lipinski definition) is 4. The second-order valence-corrected chi connectivity index (χ2v) is 3.56. The van der Waals surface area contributed by atoms with Gasteiger partial charge in [-0.05, 0) is 13.3 Å². The van der Waals surface area contributed by atoms with Crippen molar-refractivity contribution in [3.63, 3.8) is 0 Å². The fourth-order valence-corrected chi connectivity index (χ4v) is 1.44. The number of carbonyl (C=O) groups excluding carboxylic acids is 3. The van der Waals surface area contributed by atoms with Gasteiger partial charge in [0.1, 0.15) is 11.6 Å². The minimum absolute atomic E-state index is 0.0507. The van der Waals surface area contributed by atoms with Crippen molar-refractivity contribution in [1.82, 2.24) is 4.90 Å². The van der Waals surface area contributed by atoms with Crippen LogP contribution in [0.5, 0.6) is 0 Å². The maximum Gasteiger partial charge on any atom is 0.301 e. The third kappa shape index (κ3) is 1.87. The first kappa shape index (κ1) is 12.1. The highest BCUT2D eigenvalue weighted by Crippen LogP contribution is 2.17. The number of nitriles is 1. The number of carbonyl (C=O) groups is 3. The van der Waals surface area contributed by atoms with Crippen LogP contribution in [0.1, 0.15) is 26.7 Å². The zero-order valence-electron chi connectivity index (χ0n) is 9.24. The molecular formula is C11H12N2O3. The molecule has 5 nitrogen and oxygen atoms in total. The van der Waals surface area contributed by atoms with Crippen LogP contribution >= 0.6 is 0 Å². The lowest BCUT2D eigenvalue weighted by Crippen LogP contribution is -2.46. The average Bonchev–Trinajstić information content (AvgIpc) is 2.27. The van der Waals surface area contributed by atoms with E-state index in [0.717, 1.165) is 11.3 Å². The predicted octanol–water partition coefficient (Wildman–Crippen LogP) is 0.564. The smallest absolute Gasteiger partial charge is 0.283 e. The van der Waals surface area contributed by atoms with Crippen molar-refractivity contribution in [2.24, 2.45) is 0 Å². The second-order valence-electron chi connectivity index (χ2n) is 3.56. The number of unbranched alkanes of at least 4 members (excludes halogenated alkanes) is 1. The highest BCUT2D eigenvalue weighted by Gasteiger charge is 2.37. The Balaban J connectivity index is 3.09. The van der Waals surface area contributed by atoms with E-state index in [4.69, 9.17) is 5.26 Å². The van der Waals surface area contributed by atoms with E-state index in [0.29, 0.717) is 6.42 Å². The van der Waals surface area contributed by atoms with Crippen LogP contribution in [0.3, 0.4) is 0 Å². The van der Waals surface area contributed by atoms with Crippen LogP contribution in [0, 0.1) is 11.3 Å². The van der Waals surface area contributed by atoms with Crippen molar-refractivity contribution in [1.29, 1.82) is 5.26 Å². The highest BCUT2D eigenvalue weighted by molar-refractivity contribution is 6.48. The molecule has 0 N–H and O–H groups in total. The monoisotopic (exact) mass is 220 g/mol. The number of Topliss-reactive ketones (excluding diaryl/α,β-unsaturated/α-hetero) is 1. The fourth-order valence-electron chi connectivity index (χ4n) is 1.44. The topological polar surface area (TPSA) is 78.2 Å². The summed E-state index contributed by atoms with van der Waals surface area (Å²) in [6.07, 6.45) is 1.43. The van der Waals surface area contributed by atoms with Crippen molar-refractivity contribution in [2.75, 3.05) is 6.54 Å². The molecule has 0 aromatic carbocycles. The van der Waals surface area contributed by atoms with Crippen LogP contribution in [0.25, 0.3) is 0 Å². The van der Waals surface area contributed by atoms with Gasteiger partial charge in [-0.3, -0.25) is 19.3 Å². The van der Waals surface area contributed by atoms with Crippen LogP contribution in [0.15, 0.2) is 11.1 Å². The summed E-state index contributed by atoms with van der Waals surface area (Å²) in [6.45, 7) is 3.43. The molecule has 0 aromatic rings. The molecule has 1 aliphatic heterocycles. The summed E-state index contributed by atoms with van der Waals surface area (Å²) < 4.78 is 0. The Morgan fingerprint density at radius 2 is 1.88 bits per heavy atom. The largest absolute Gasteiger partial charge is 0.301 e. The van der Waals surface area contributed by atoms with E-state index in [9.17, 15) is 14.4 Å². The lowest BCUT2D eigenvalue weighted by molar-refractivity contribution is -0.150. The minimum Gasteiger partial charge on any atom is -0.283 e. The molecule has 0 fully saturated rings. The molecular weight excluding hydrogens is 208 g/mol. The van der Waals surface area contributed by atoms with Gasteiger partial charge in [-0.2, -0.15) is 5.26 Å². The van der Waals surface area contributed by atoms with Gasteiger partial charge in [0.15, 0.2) is 0 Å². The summed E-state index contributed by atoms with van der Waals surface area (Å²) in [4.78, 5) is 35.5. The maximum absolute atomic E-state index is 11.7. The van der Waals surface area contributed by atoms with Gasteiger partial charge in [0.05, 0.1) is 0 Å². The lowest BCUT2D eigenvalue weighted by atomic mass is 9.99. The lowest BCUT2D eigenvalue weighted by Gasteiger charge is -2.23. The second kappa shape index (κ2) is 4.71. The molecule has 0 aliphatic carbocycles. The Bertz CT molecular complexity index is 429. The minimum atomic E-state index is -0.824. The van der Waals surface area contributed by atoms with Gasteiger partial charge >= 0.3 is 5.91 Å². The van der Waals surface area contributed by atoms with Gasteiger partial charge in [-0.15, -0.1) is 0 Å². The maximum atomic E-state index is 11.7. The van der Waals surface area contributed by atoms with Crippen molar-refractivity contribution >= 4 is 17.6 Å². The Labute approximate surface area is 93.3 Å². The molecule has 0 atom stereocenters. The van der Waals surface area contributed by atoms with Crippen LogP contribution in [0.4, 0.5) is 0 Å². The zero-order chi connectivity index (χ0) is 12.3. The van der Waals surface area contributed by atoms with E-state index >= 15 is 0 Å². The molecule has 1 rings (SSSR count). The van der Waals surface area contributed by atoms with Crippen LogP contribution < -0.4 is 0 Å². The van der Waals surface area contributed by atoms with Gasteiger partial charge in [-0.25, -0.2) is 0 Å². The molecule has 0 spiro atoms. The Morgan fingerprint density at radius 1 is 1.25 bits per heavy atom. The van der Waals surface area contributed by atoms with E-state index in [1.54, 1.807) is 6.07 Å². The highest BCUT2D eigenvalue weighted by atomic mass is 16.2. The Morgan fingerprint density at radius 3 is 2.38 bits per heavy atom. The van der Waals surface area contributed by atoms with Crippen molar-refractivity contribution < 1.29 is 14.4 Å². The summed E-state index contributed by atoms with van der Waals surface area (Å²) in [5.74, 6) is -2.24. The molecule has 0 radical (unpaired) electrons. The number of nitrogens with zero attached hydrogens (tertiary/aromatic N) is 2. The summed E-state index contributed by atoms with van der Waals surface area (Å²) >= 11 is 0. The third-order valence-corrected chi connectivity index (χ3v) is 2.46. The van der Waals surface area contributed by atoms with Gasteiger partial charge in [-0.1, -0.05) is 13.3 Å². The quantitative estimate of drug-likeness (QED) is 0.514. The molecule has 84 valence electrons. The van der Waals surface area contributed by atoms with Gasteiger partial charge in [0, 0.05) is 12.1 Å². The fraction of sp³-hybridized carbons (Fsp3) is 0.455. The molecule has 0 saturated carbocycles. The molecule has 0 unspecified atom stereocenters. The summed E-state index contributed by atoms with van der Waals surface area (Å²) in [7, 11) is 0.